The summed E-state index contributed by atoms with van der Waals surface area (Å²) in [6.07, 6.45) is 2.04. The lowest BCUT2D eigenvalue weighted by molar-refractivity contribution is 0.0502. The van der Waals surface area contributed by atoms with Crippen molar-refractivity contribution in [3.05, 3.63) is 40.9 Å². The molecular weight excluding hydrogens is 418 g/mol. The minimum Gasteiger partial charge on any atom is -0.444 e. The summed E-state index contributed by atoms with van der Waals surface area (Å²) in [5.74, 6) is 0.586. The van der Waals surface area contributed by atoms with Crippen LogP contribution in [0.15, 0.2) is 24.3 Å². The van der Waals surface area contributed by atoms with E-state index >= 15 is 0 Å². The molecule has 9 heteroatoms. The molecule has 0 saturated heterocycles. The third kappa shape index (κ3) is 5.76. The van der Waals surface area contributed by atoms with Gasteiger partial charge < -0.3 is 15.4 Å². The molecule has 0 spiro atoms. The second kappa shape index (κ2) is 8.86. The molecule has 1 aromatic heterocycles. The van der Waals surface area contributed by atoms with Gasteiger partial charge in [0.1, 0.15) is 11.4 Å². The predicted molar refractivity (Wildman–Crippen MR) is 119 cm³/mol. The van der Waals surface area contributed by atoms with Gasteiger partial charge in [0, 0.05) is 13.0 Å². The Morgan fingerprint density at radius 3 is 2.48 bits per heavy atom. The fourth-order valence-corrected chi connectivity index (χ4v) is 3.60. The zero-order valence-corrected chi connectivity index (χ0v) is 19.4. The standard InChI is InChI=1S/C22H30ClN5O3/c1-6-17-25-18(27-28(17)16-10-8-7-9-15(16)23)19(29)26-22(5,14-11-12-14)13-24-20(30)31-21(2,3)4/h7-10,14H,6,11-13H2,1-5H3,(H,24,30)(H,26,29). The fraction of sp³-hybridized carbons (Fsp3) is 0.545. The fourth-order valence-electron chi connectivity index (χ4n) is 3.38. The van der Waals surface area contributed by atoms with E-state index in [-0.39, 0.29) is 24.2 Å². The van der Waals surface area contributed by atoms with E-state index in [4.69, 9.17) is 16.3 Å². The molecule has 0 bridgehead atoms. The van der Waals surface area contributed by atoms with Gasteiger partial charge in [-0.1, -0.05) is 30.7 Å². The van der Waals surface area contributed by atoms with E-state index in [9.17, 15) is 9.59 Å². The lowest BCUT2D eigenvalue weighted by Gasteiger charge is -2.31. The van der Waals surface area contributed by atoms with Crippen molar-refractivity contribution < 1.29 is 14.3 Å². The number of benzene rings is 1. The average Bonchev–Trinajstić information content (AvgIpc) is 3.46. The van der Waals surface area contributed by atoms with Gasteiger partial charge in [0.05, 0.1) is 16.2 Å². The molecule has 168 valence electrons. The van der Waals surface area contributed by atoms with Crippen molar-refractivity contribution in [2.75, 3.05) is 6.54 Å². The van der Waals surface area contributed by atoms with Crippen molar-refractivity contribution in [1.29, 1.82) is 0 Å². The van der Waals surface area contributed by atoms with Gasteiger partial charge in [0.25, 0.3) is 5.91 Å². The predicted octanol–water partition coefficient (Wildman–Crippen LogP) is 3.91. The van der Waals surface area contributed by atoms with Crippen molar-refractivity contribution in [3.8, 4) is 5.69 Å². The minimum atomic E-state index is -0.629. The molecular formula is C22H30ClN5O3. The van der Waals surface area contributed by atoms with E-state index in [1.165, 1.54) is 0 Å². The maximum Gasteiger partial charge on any atom is 0.407 e. The highest BCUT2D eigenvalue weighted by Crippen LogP contribution is 2.39. The molecule has 1 aromatic carbocycles. The van der Waals surface area contributed by atoms with Gasteiger partial charge in [-0.05, 0) is 58.6 Å². The van der Waals surface area contributed by atoms with E-state index in [1.807, 2.05) is 32.0 Å². The van der Waals surface area contributed by atoms with Crippen LogP contribution in [0.4, 0.5) is 4.79 Å². The summed E-state index contributed by atoms with van der Waals surface area (Å²) in [6, 6.07) is 7.29. The summed E-state index contributed by atoms with van der Waals surface area (Å²) in [5, 5.41) is 10.8. The highest BCUT2D eigenvalue weighted by molar-refractivity contribution is 6.32. The summed E-state index contributed by atoms with van der Waals surface area (Å²) < 4.78 is 6.92. The number of para-hydroxylation sites is 1. The smallest absolute Gasteiger partial charge is 0.407 e. The Hall–Kier alpha value is -2.61. The highest BCUT2D eigenvalue weighted by Gasteiger charge is 2.43. The molecule has 31 heavy (non-hydrogen) atoms. The van der Waals surface area contributed by atoms with Crippen LogP contribution in [0.1, 0.15) is 63.9 Å². The Morgan fingerprint density at radius 1 is 1.23 bits per heavy atom. The molecule has 1 atom stereocenters. The number of aromatic nitrogens is 3. The molecule has 2 aromatic rings. The number of rotatable bonds is 7. The van der Waals surface area contributed by atoms with Crippen LogP contribution >= 0.6 is 11.6 Å². The van der Waals surface area contributed by atoms with Crippen molar-refractivity contribution in [1.82, 2.24) is 25.4 Å². The number of hydrogen-bond donors (Lipinski definition) is 2. The lowest BCUT2D eigenvalue weighted by Crippen LogP contribution is -2.55. The highest BCUT2D eigenvalue weighted by atomic mass is 35.5. The number of amides is 2. The minimum absolute atomic E-state index is 0.0703. The summed E-state index contributed by atoms with van der Waals surface area (Å²) in [6.45, 7) is 9.54. The van der Waals surface area contributed by atoms with E-state index < -0.39 is 17.2 Å². The maximum absolute atomic E-state index is 13.0. The lowest BCUT2D eigenvalue weighted by atomic mass is 9.95. The van der Waals surface area contributed by atoms with Gasteiger partial charge in [-0.3, -0.25) is 4.79 Å². The number of nitrogens with zero attached hydrogens (tertiary/aromatic N) is 3. The molecule has 2 N–H and O–H groups in total. The molecule has 2 amide bonds. The zero-order valence-electron chi connectivity index (χ0n) is 18.7. The van der Waals surface area contributed by atoms with Gasteiger partial charge >= 0.3 is 6.09 Å². The Balaban J connectivity index is 1.76. The van der Waals surface area contributed by atoms with Crippen LogP contribution < -0.4 is 10.6 Å². The number of halogens is 1. The SMILES string of the molecule is CCc1nc(C(=O)NC(C)(CNC(=O)OC(C)(C)C)C2CC2)nn1-c1ccccc1Cl. The first-order chi connectivity index (χ1) is 14.5. The molecule has 1 aliphatic rings. The molecule has 1 fully saturated rings. The zero-order chi connectivity index (χ0) is 22.8. The Morgan fingerprint density at radius 2 is 1.90 bits per heavy atom. The number of nitrogens with one attached hydrogen (secondary N) is 2. The molecule has 1 aliphatic carbocycles. The molecule has 3 rings (SSSR count). The molecule has 1 saturated carbocycles. The first kappa shape index (κ1) is 23.1. The van der Waals surface area contributed by atoms with Crippen molar-refractivity contribution >= 4 is 23.6 Å². The van der Waals surface area contributed by atoms with Gasteiger partial charge in [0.2, 0.25) is 5.82 Å². The molecule has 0 radical (unpaired) electrons. The van der Waals surface area contributed by atoms with Gasteiger partial charge in [-0.25, -0.2) is 14.5 Å². The molecule has 1 heterocycles. The topological polar surface area (TPSA) is 98.1 Å². The second-order valence-corrected chi connectivity index (χ2v) is 9.48. The maximum atomic E-state index is 13.0. The summed E-state index contributed by atoms with van der Waals surface area (Å²) >= 11 is 6.31. The second-order valence-electron chi connectivity index (χ2n) is 9.07. The van der Waals surface area contributed by atoms with Crippen LogP contribution in [0.25, 0.3) is 5.69 Å². The third-order valence-corrected chi connectivity index (χ3v) is 5.47. The molecule has 1 unspecified atom stereocenters. The number of ether oxygens (including phenoxy) is 1. The van der Waals surface area contributed by atoms with Crippen molar-refractivity contribution in [2.45, 2.75) is 65.0 Å². The normalized spacial score (nSPS) is 15.8. The quantitative estimate of drug-likeness (QED) is 0.670. The van der Waals surface area contributed by atoms with E-state index in [1.54, 1.807) is 31.5 Å². The summed E-state index contributed by atoms with van der Waals surface area (Å²) in [4.78, 5) is 29.6. The van der Waals surface area contributed by atoms with Gasteiger partial charge in [0.15, 0.2) is 0 Å². The number of hydrogen-bond acceptors (Lipinski definition) is 5. The van der Waals surface area contributed by atoms with E-state index in [0.717, 1.165) is 12.8 Å². The Labute approximate surface area is 187 Å². The van der Waals surface area contributed by atoms with Gasteiger partial charge in [-0.2, -0.15) is 0 Å². The Bertz CT molecular complexity index is 964. The van der Waals surface area contributed by atoms with Crippen LogP contribution in [0.5, 0.6) is 0 Å². The average molecular weight is 448 g/mol. The summed E-state index contributed by atoms with van der Waals surface area (Å²) in [5.41, 5.74) is -0.546. The van der Waals surface area contributed by atoms with Crippen LogP contribution in [0.3, 0.4) is 0 Å². The number of aryl methyl sites for hydroxylation is 1. The van der Waals surface area contributed by atoms with Crippen molar-refractivity contribution in [3.63, 3.8) is 0 Å². The third-order valence-electron chi connectivity index (χ3n) is 5.15. The van der Waals surface area contributed by atoms with Crippen LogP contribution in [-0.2, 0) is 11.2 Å². The largest absolute Gasteiger partial charge is 0.444 e. The molecule has 0 aliphatic heterocycles. The van der Waals surface area contributed by atoms with E-state index in [2.05, 4.69) is 20.7 Å². The first-order valence-corrected chi connectivity index (χ1v) is 10.9. The molecule has 8 nitrogen and oxygen atoms in total. The number of alkyl carbamates (subject to hydrolysis) is 1. The first-order valence-electron chi connectivity index (χ1n) is 10.5. The summed E-state index contributed by atoms with van der Waals surface area (Å²) in [7, 11) is 0. The van der Waals surface area contributed by atoms with Gasteiger partial charge in [-0.15, -0.1) is 5.10 Å². The number of carbonyl (C=O) groups is 2. The Kier molecular flexibility index (Phi) is 6.59. The number of carbonyl (C=O) groups excluding carboxylic acids is 2. The van der Waals surface area contributed by atoms with Crippen LogP contribution in [-0.4, -0.2) is 44.4 Å². The monoisotopic (exact) mass is 447 g/mol. The van der Waals surface area contributed by atoms with Crippen molar-refractivity contribution in [2.24, 2.45) is 5.92 Å². The van der Waals surface area contributed by atoms with Crippen LogP contribution in [0, 0.1) is 5.92 Å². The van der Waals surface area contributed by atoms with E-state index in [0.29, 0.717) is 23.0 Å². The van der Waals surface area contributed by atoms with Crippen LogP contribution in [0.2, 0.25) is 5.02 Å².